The fourth-order valence-electron chi connectivity index (χ4n) is 12.4. The van der Waals surface area contributed by atoms with E-state index >= 15 is 0 Å². The zero-order valence-corrected chi connectivity index (χ0v) is 47.3. The number of halogens is 2. The van der Waals surface area contributed by atoms with E-state index in [0.717, 1.165) is 7.35 Å². The molecule has 0 nitrogen and oxygen atoms in total. The smallest absolute Gasteiger partial charge is 0.147 e. The van der Waals surface area contributed by atoms with Crippen molar-refractivity contribution in [3.63, 3.8) is 0 Å². The Morgan fingerprint density at radius 3 is 1.08 bits per heavy atom. The third-order valence-corrected chi connectivity index (χ3v) is 40.4. The molecule has 1 saturated carbocycles. The van der Waals surface area contributed by atoms with Crippen molar-refractivity contribution in [1.29, 1.82) is 0 Å². The van der Waals surface area contributed by atoms with Gasteiger partial charge in [0.2, 0.25) is 0 Å². The molecule has 63 heavy (non-hydrogen) atoms. The molecule has 1 aliphatic heterocycles. The SMILES string of the molecule is CC(C)CC1=Cc2c(-c3cc(C(C)(C)C)cc(C(C)(C)C)c3)cccc2[CH]1[Hf]1([CH]2C(CC(C)C)=Cc3c(-c4cc(C(C)(C)C)cc(C(C)(C)C)c4)cccc32)[CH]2CCCC[CH]21.Cl.Cl. The zero-order valence-electron chi connectivity index (χ0n) is 42.1. The van der Waals surface area contributed by atoms with Crippen LogP contribution in [-0.4, -0.2) is 0 Å². The topological polar surface area (TPSA) is 0 Å². The van der Waals surface area contributed by atoms with Gasteiger partial charge in [-0.3, -0.25) is 0 Å². The Morgan fingerprint density at radius 1 is 0.476 bits per heavy atom. The van der Waals surface area contributed by atoms with Crippen LogP contribution in [0.1, 0.15) is 201 Å². The molecule has 2 fully saturated rings. The van der Waals surface area contributed by atoms with Gasteiger partial charge < -0.3 is 0 Å². The van der Waals surface area contributed by atoms with Crippen molar-refractivity contribution >= 4 is 37.0 Å². The van der Waals surface area contributed by atoms with Crippen molar-refractivity contribution in [2.24, 2.45) is 11.8 Å². The molecular formula is C60H82Cl2Hf. The number of allylic oxidation sites excluding steroid dienone is 2. The molecule has 4 atom stereocenters. The van der Waals surface area contributed by atoms with Gasteiger partial charge in [-0.2, -0.15) is 0 Å². The Hall–Kier alpha value is -2.19. The number of rotatable bonds is 8. The standard InChI is InChI=1S/2C27H35.C6H10.2ClH.Hf/c2*1-18(2)12-19-13-20-10-9-11-24(25(20)14-19)21-15-22(26(3,4)5)17-23(16-21)27(6,7)8;1-2-4-6-5-3-1;;;/h2*9-11,13-18H,12H2,1-8H3;1-2H,3-6H2;2*1H;. The van der Waals surface area contributed by atoms with E-state index in [4.69, 9.17) is 0 Å². The average molecular weight is 1050 g/mol. The molecule has 0 radical (unpaired) electrons. The Balaban J connectivity index is 0.00000330. The molecular weight excluding hydrogens is 970 g/mol. The van der Waals surface area contributed by atoms with E-state index < -0.39 is 20.0 Å². The van der Waals surface area contributed by atoms with Gasteiger partial charge in [0.15, 0.2) is 0 Å². The molecule has 4 aromatic carbocycles. The third-order valence-electron chi connectivity index (χ3n) is 15.5. The molecule has 0 amide bonds. The monoisotopic (exact) mass is 1050 g/mol. The van der Waals surface area contributed by atoms with Crippen LogP contribution < -0.4 is 0 Å². The van der Waals surface area contributed by atoms with E-state index in [1.54, 1.807) is 33.4 Å². The Bertz CT molecular complexity index is 2160. The van der Waals surface area contributed by atoms with Crippen LogP contribution in [0, 0.1) is 11.8 Å². The third kappa shape index (κ3) is 9.27. The first-order valence-electron chi connectivity index (χ1n) is 24.4. The van der Waals surface area contributed by atoms with Crippen LogP contribution in [-0.2, 0) is 41.6 Å². The molecule has 4 aromatic rings. The summed E-state index contributed by atoms with van der Waals surface area (Å²) in [4.78, 5) is 0. The number of hydrogen-bond acceptors (Lipinski definition) is 0. The van der Waals surface area contributed by atoms with Gasteiger partial charge in [-0.25, -0.2) is 0 Å². The molecule has 4 unspecified atom stereocenters. The van der Waals surface area contributed by atoms with Gasteiger partial charge in [-0.15, -0.1) is 24.8 Å². The Kier molecular flexibility index (Phi) is 14.2. The van der Waals surface area contributed by atoms with Crippen molar-refractivity contribution in [1.82, 2.24) is 0 Å². The van der Waals surface area contributed by atoms with E-state index in [-0.39, 0.29) is 46.5 Å². The van der Waals surface area contributed by atoms with E-state index in [9.17, 15) is 0 Å². The first kappa shape index (κ1) is 50.2. The average Bonchev–Trinajstić information content (AvgIpc) is 3.43. The van der Waals surface area contributed by atoms with Gasteiger partial charge in [-0.1, -0.05) is 0 Å². The van der Waals surface area contributed by atoms with Gasteiger partial charge in [-0.05, 0) is 0 Å². The molecule has 0 spiro atoms. The largest absolute Gasteiger partial charge is 0.147 e. The summed E-state index contributed by atoms with van der Waals surface area (Å²) < 4.78 is 3.25. The minimum Gasteiger partial charge on any atom is -0.147 e. The molecule has 0 aromatic heterocycles. The van der Waals surface area contributed by atoms with Crippen LogP contribution in [0.4, 0.5) is 0 Å². The summed E-state index contributed by atoms with van der Waals surface area (Å²) in [5, 5.41) is 0. The summed E-state index contributed by atoms with van der Waals surface area (Å²) in [5.41, 5.74) is 22.0. The second kappa shape index (κ2) is 17.8. The van der Waals surface area contributed by atoms with Crippen LogP contribution in [0.3, 0.4) is 0 Å². The van der Waals surface area contributed by atoms with Crippen LogP contribution in [0.15, 0.2) is 83.9 Å². The first-order valence-corrected chi connectivity index (χ1v) is 32.7. The molecule has 340 valence electrons. The van der Waals surface area contributed by atoms with Crippen molar-refractivity contribution in [2.45, 2.75) is 186 Å². The maximum atomic E-state index is 2.78. The zero-order chi connectivity index (χ0) is 44.2. The van der Waals surface area contributed by atoms with Crippen molar-refractivity contribution in [3.05, 3.63) is 128 Å². The Labute approximate surface area is 402 Å². The second-order valence-electron chi connectivity index (χ2n) is 25.2. The summed E-state index contributed by atoms with van der Waals surface area (Å²) in [6.07, 6.45) is 13.8. The van der Waals surface area contributed by atoms with E-state index in [0.29, 0.717) is 19.2 Å². The summed E-state index contributed by atoms with van der Waals surface area (Å²) in [7, 11) is 0. The van der Waals surface area contributed by atoms with Crippen molar-refractivity contribution in [3.8, 4) is 22.3 Å². The summed E-state index contributed by atoms with van der Waals surface area (Å²) in [6.45, 7) is 38.5. The fraction of sp³-hybridized carbons (Fsp3) is 0.533. The molecule has 3 aliphatic carbocycles. The van der Waals surface area contributed by atoms with E-state index in [1.165, 1.54) is 83.0 Å². The molecule has 1 saturated heterocycles. The van der Waals surface area contributed by atoms with Crippen LogP contribution in [0.5, 0.6) is 0 Å². The Morgan fingerprint density at radius 2 is 0.794 bits per heavy atom. The van der Waals surface area contributed by atoms with Gasteiger partial charge >= 0.3 is 380 Å². The molecule has 0 N–H and O–H groups in total. The summed E-state index contributed by atoms with van der Waals surface area (Å²) in [6, 6.07) is 30.3. The maximum absolute atomic E-state index is 3.46. The van der Waals surface area contributed by atoms with Crippen molar-refractivity contribution < 1.29 is 20.0 Å². The molecule has 8 rings (SSSR count). The molecule has 1 heterocycles. The van der Waals surface area contributed by atoms with Crippen molar-refractivity contribution in [2.75, 3.05) is 0 Å². The number of fused-ring (bicyclic) bond motifs is 3. The van der Waals surface area contributed by atoms with Crippen LogP contribution in [0.25, 0.3) is 34.4 Å². The maximum Gasteiger partial charge on any atom is -0.147 e. The van der Waals surface area contributed by atoms with Gasteiger partial charge in [0.25, 0.3) is 0 Å². The molecule has 0 bridgehead atoms. The van der Waals surface area contributed by atoms with Crippen LogP contribution >= 0.6 is 24.8 Å². The van der Waals surface area contributed by atoms with Gasteiger partial charge in [0.05, 0.1) is 0 Å². The molecule has 3 heteroatoms. The number of benzene rings is 4. The normalized spacial score (nSPS) is 23.1. The number of hydrogen-bond donors (Lipinski definition) is 0. The fourth-order valence-corrected chi connectivity index (χ4v) is 47.7. The first-order chi connectivity index (χ1) is 28.4. The van der Waals surface area contributed by atoms with Crippen LogP contribution in [0.2, 0.25) is 7.35 Å². The predicted molar refractivity (Wildman–Crippen MR) is 279 cm³/mol. The summed E-state index contributed by atoms with van der Waals surface area (Å²) in [5.74, 6) is 1.27. The van der Waals surface area contributed by atoms with E-state index in [2.05, 4.69) is 196 Å². The van der Waals surface area contributed by atoms with E-state index in [1.807, 2.05) is 0 Å². The van der Waals surface area contributed by atoms with Gasteiger partial charge in [0, 0.05) is 0 Å². The minimum absolute atomic E-state index is 0. The van der Waals surface area contributed by atoms with Gasteiger partial charge in [0.1, 0.15) is 0 Å². The summed E-state index contributed by atoms with van der Waals surface area (Å²) >= 11 is -3.46. The predicted octanol–water partition coefficient (Wildman–Crippen LogP) is 19.0. The second-order valence-corrected chi connectivity index (χ2v) is 41.9. The molecule has 4 aliphatic rings. The minimum atomic E-state index is -3.46. The quantitative estimate of drug-likeness (QED) is 0.154.